The van der Waals surface area contributed by atoms with Gasteiger partial charge in [-0.2, -0.15) is 0 Å². The fraction of sp³-hybridized carbons (Fsp3) is 0.556. The van der Waals surface area contributed by atoms with Gasteiger partial charge in [0.2, 0.25) is 0 Å². The lowest BCUT2D eigenvalue weighted by Crippen LogP contribution is -2.51. The van der Waals surface area contributed by atoms with Crippen LogP contribution < -0.4 is 9.47 Å². The summed E-state index contributed by atoms with van der Waals surface area (Å²) >= 11 is 0. The van der Waals surface area contributed by atoms with Crippen LogP contribution in [-0.4, -0.2) is 50.0 Å². The zero-order chi connectivity index (χ0) is 16.2. The van der Waals surface area contributed by atoms with Gasteiger partial charge in [-0.05, 0) is 30.5 Å². The van der Waals surface area contributed by atoms with E-state index < -0.39 is 6.23 Å². The van der Waals surface area contributed by atoms with Crippen LogP contribution in [0.1, 0.15) is 30.2 Å². The molecule has 1 fully saturated rings. The van der Waals surface area contributed by atoms with E-state index in [9.17, 15) is 5.11 Å². The molecule has 0 aromatic heterocycles. The molecule has 0 amide bonds. The van der Waals surface area contributed by atoms with Crippen LogP contribution >= 0.6 is 0 Å². The standard InChI is InChI=1S/C18H23NO4/c1-21-11-4-5-18-6-7-19(16(18)8-11)17(20)12-9-14(22-2)15(23-3)10-13(12)18/h4-5,9-11,16-17,20H,6-8H2,1-3H3/t11-,16-,17+,18-/m0/s1. The molecule has 2 heterocycles. The van der Waals surface area contributed by atoms with E-state index in [0.29, 0.717) is 11.5 Å². The third kappa shape index (κ3) is 1.90. The first kappa shape index (κ1) is 15.0. The minimum Gasteiger partial charge on any atom is -0.493 e. The smallest absolute Gasteiger partial charge is 0.161 e. The highest BCUT2D eigenvalue weighted by Gasteiger charge is 2.56. The Labute approximate surface area is 136 Å². The summed E-state index contributed by atoms with van der Waals surface area (Å²) in [6.45, 7) is 0.881. The molecule has 1 unspecified atom stereocenters. The van der Waals surface area contributed by atoms with Gasteiger partial charge in [0.25, 0.3) is 0 Å². The van der Waals surface area contributed by atoms with E-state index in [1.807, 2.05) is 12.1 Å². The molecule has 1 saturated heterocycles. The molecule has 0 radical (unpaired) electrons. The average molecular weight is 317 g/mol. The van der Waals surface area contributed by atoms with Crippen molar-refractivity contribution in [3.63, 3.8) is 0 Å². The van der Waals surface area contributed by atoms with Gasteiger partial charge in [-0.25, -0.2) is 0 Å². The Hall–Kier alpha value is -1.56. The van der Waals surface area contributed by atoms with E-state index in [2.05, 4.69) is 17.1 Å². The molecule has 1 aromatic carbocycles. The SMILES string of the molecule is COc1cc2c(cc1OC)[C@@]13C=C[C@H](OC)C[C@@H]1N(CC3)[C@@H]2O. The van der Waals surface area contributed by atoms with Crippen molar-refractivity contribution in [3.8, 4) is 11.5 Å². The van der Waals surface area contributed by atoms with Crippen LogP contribution in [0.25, 0.3) is 0 Å². The maximum absolute atomic E-state index is 10.9. The number of ether oxygens (including phenoxy) is 3. The summed E-state index contributed by atoms with van der Waals surface area (Å²) in [4.78, 5) is 2.20. The molecule has 2 bridgehead atoms. The lowest BCUT2D eigenvalue weighted by molar-refractivity contribution is -0.0400. The van der Waals surface area contributed by atoms with Gasteiger partial charge in [-0.1, -0.05) is 12.2 Å². The second-order valence-electron chi connectivity index (χ2n) is 6.58. The first-order valence-electron chi connectivity index (χ1n) is 8.07. The third-order valence-electron chi connectivity index (χ3n) is 5.79. The van der Waals surface area contributed by atoms with Crippen molar-refractivity contribution in [1.82, 2.24) is 4.90 Å². The Balaban J connectivity index is 1.91. The molecule has 2 aliphatic heterocycles. The number of benzene rings is 1. The molecular weight excluding hydrogens is 294 g/mol. The van der Waals surface area contributed by atoms with Crippen LogP contribution in [0.2, 0.25) is 0 Å². The molecule has 5 atom stereocenters. The monoisotopic (exact) mass is 317 g/mol. The molecule has 0 saturated carbocycles. The molecule has 1 aromatic rings. The summed E-state index contributed by atoms with van der Waals surface area (Å²) in [5.74, 6) is 1.38. The van der Waals surface area contributed by atoms with E-state index in [1.165, 1.54) is 0 Å². The number of methoxy groups -OCH3 is 3. The highest BCUT2D eigenvalue weighted by molar-refractivity contribution is 5.55. The average Bonchev–Trinajstić information content (AvgIpc) is 2.94. The van der Waals surface area contributed by atoms with Gasteiger partial charge in [-0.3, -0.25) is 4.90 Å². The highest BCUT2D eigenvalue weighted by atomic mass is 16.5. The van der Waals surface area contributed by atoms with Gasteiger partial charge >= 0.3 is 0 Å². The molecule has 1 N–H and O–H groups in total. The number of nitrogens with zero attached hydrogens (tertiary/aromatic N) is 1. The minimum absolute atomic E-state index is 0.0663. The number of hydrogen-bond acceptors (Lipinski definition) is 5. The predicted octanol–water partition coefficient (Wildman–Crippen LogP) is 2.00. The zero-order valence-corrected chi connectivity index (χ0v) is 13.8. The molecule has 0 spiro atoms. The van der Waals surface area contributed by atoms with E-state index in [1.54, 1.807) is 21.3 Å². The van der Waals surface area contributed by atoms with Gasteiger partial charge in [-0.15, -0.1) is 0 Å². The van der Waals surface area contributed by atoms with Crippen molar-refractivity contribution in [2.75, 3.05) is 27.9 Å². The number of rotatable bonds is 3. The predicted molar refractivity (Wildman–Crippen MR) is 85.8 cm³/mol. The van der Waals surface area contributed by atoms with Gasteiger partial charge in [0.05, 0.1) is 20.3 Å². The Bertz CT molecular complexity index is 659. The normalized spacial score (nSPS) is 37.2. The molecule has 124 valence electrons. The fourth-order valence-corrected chi connectivity index (χ4v) is 4.61. The molecule has 23 heavy (non-hydrogen) atoms. The van der Waals surface area contributed by atoms with E-state index in [4.69, 9.17) is 14.2 Å². The molecular formula is C18H23NO4. The summed E-state index contributed by atoms with van der Waals surface area (Å²) in [7, 11) is 5.02. The van der Waals surface area contributed by atoms with Crippen LogP contribution in [0.4, 0.5) is 0 Å². The number of fused-ring (bicyclic) bond motifs is 1. The summed E-state index contributed by atoms with van der Waals surface area (Å²) < 4.78 is 16.4. The Kier molecular flexibility index (Phi) is 3.41. The van der Waals surface area contributed by atoms with Crippen LogP contribution in [0.3, 0.4) is 0 Å². The lowest BCUT2D eigenvalue weighted by atomic mass is 9.66. The molecule has 1 aliphatic carbocycles. The van der Waals surface area contributed by atoms with Gasteiger partial charge in [0.15, 0.2) is 11.5 Å². The summed E-state index contributed by atoms with van der Waals surface area (Å²) in [6.07, 6.45) is 5.86. The summed E-state index contributed by atoms with van der Waals surface area (Å²) in [5, 5.41) is 10.9. The number of aliphatic hydroxyl groups is 1. The second-order valence-corrected chi connectivity index (χ2v) is 6.58. The number of aliphatic hydroxyl groups excluding tert-OH is 1. The van der Waals surface area contributed by atoms with Crippen molar-refractivity contribution >= 4 is 0 Å². The number of hydrogen-bond donors (Lipinski definition) is 1. The van der Waals surface area contributed by atoms with E-state index in [-0.39, 0.29) is 17.6 Å². The highest BCUT2D eigenvalue weighted by Crippen LogP contribution is 2.55. The van der Waals surface area contributed by atoms with Gasteiger partial charge in [0, 0.05) is 30.7 Å². The van der Waals surface area contributed by atoms with Crippen LogP contribution in [0.5, 0.6) is 11.5 Å². The first-order chi connectivity index (χ1) is 11.1. The maximum Gasteiger partial charge on any atom is 0.161 e. The first-order valence-corrected chi connectivity index (χ1v) is 8.07. The van der Waals surface area contributed by atoms with Crippen molar-refractivity contribution in [2.24, 2.45) is 0 Å². The van der Waals surface area contributed by atoms with Crippen molar-refractivity contribution < 1.29 is 19.3 Å². The molecule has 5 nitrogen and oxygen atoms in total. The van der Waals surface area contributed by atoms with Crippen molar-refractivity contribution in [2.45, 2.75) is 36.6 Å². The van der Waals surface area contributed by atoms with Crippen LogP contribution in [0, 0.1) is 0 Å². The summed E-state index contributed by atoms with van der Waals surface area (Å²) in [5.41, 5.74) is 2.02. The van der Waals surface area contributed by atoms with Gasteiger partial charge < -0.3 is 19.3 Å². The third-order valence-corrected chi connectivity index (χ3v) is 5.79. The maximum atomic E-state index is 10.9. The second kappa shape index (κ2) is 5.23. The van der Waals surface area contributed by atoms with Gasteiger partial charge in [0.1, 0.15) is 6.23 Å². The van der Waals surface area contributed by atoms with Crippen molar-refractivity contribution in [1.29, 1.82) is 0 Å². The molecule has 3 aliphatic rings. The summed E-state index contributed by atoms with van der Waals surface area (Å²) in [6, 6.07) is 4.23. The fourth-order valence-electron chi connectivity index (χ4n) is 4.61. The van der Waals surface area contributed by atoms with E-state index in [0.717, 1.165) is 30.5 Å². The molecule has 5 heteroatoms. The van der Waals surface area contributed by atoms with E-state index >= 15 is 0 Å². The quantitative estimate of drug-likeness (QED) is 0.864. The van der Waals surface area contributed by atoms with Crippen LogP contribution in [-0.2, 0) is 10.2 Å². The minimum atomic E-state index is -0.602. The lowest BCUT2D eigenvalue weighted by Gasteiger charge is -2.47. The Morgan fingerprint density at radius 3 is 2.61 bits per heavy atom. The Morgan fingerprint density at radius 1 is 1.17 bits per heavy atom. The Morgan fingerprint density at radius 2 is 1.91 bits per heavy atom. The zero-order valence-electron chi connectivity index (χ0n) is 13.8. The van der Waals surface area contributed by atoms with Crippen molar-refractivity contribution in [3.05, 3.63) is 35.4 Å². The largest absolute Gasteiger partial charge is 0.493 e. The topological polar surface area (TPSA) is 51.2 Å². The van der Waals surface area contributed by atoms with Crippen LogP contribution in [0.15, 0.2) is 24.3 Å². The molecule has 4 rings (SSSR count).